The maximum absolute atomic E-state index is 13.2. The summed E-state index contributed by atoms with van der Waals surface area (Å²) in [5.41, 5.74) is 3.12. The van der Waals surface area contributed by atoms with Gasteiger partial charge in [0.05, 0.1) is 10.2 Å². The normalized spacial score (nSPS) is 15.8. The summed E-state index contributed by atoms with van der Waals surface area (Å²) in [7, 11) is 0. The highest BCUT2D eigenvalue weighted by molar-refractivity contribution is 7.17. The topological polar surface area (TPSA) is 28.5 Å². The van der Waals surface area contributed by atoms with Crippen molar-refractivity contribution in [2.75, 3.05) is 26.2 Å². The van der Waals surface area contributed by atoms with Crippen LogP contribution in [-0.2, 0) is 6.54 Å². The van der Waals surface area contributed by atoms with Crippen LogP contribution < -0.4 is 0 Å². The number of fused-ring (bicyclic) bond motifs is 1. The highest BCUT2D eigenvalue weighted by Crippen LogP contribution is 2.29. The number of rotatable bonds is 4. The lowest BCUT2D eigenvalue weighted by Crippen LogP contribution is -2.48. The standard InChI is InChI=1S/C21H24ClN3OS/c1-15(2)25-18-7-12-27-20(18)13-19(25)21(26)24-10-8-23(9-11-24)14-16-5-3-4-6-17(16)22/h3-7,12-13,15H,8-11,14H2,1-2H3. The average molecular weight is 402 g/mol. The maximum Gasteiger partial charge on any atom is 0.270 e. The van der Waals surface area contributed by atoms with Gasteiger partial charge < -0.3 is 9.47 Å². The summed E-state index contributed by atoms with van der Waals surface area (Å²) in [5.74, 6) is 0.143. The molecule has 1 aliphatic rings. The van der Waals surface area contributed by atoms with Crippen molar-refractivity contribution in [2.24, 2.45) is 0 Å². The molecule has 0 radical (unpaired) electrons. The van der Waals surface area contributed by atoms with Gasteiger partial charge in [0, 0.05) is 43.8 Å². The van der Waals surface area contributed by atoms with Gasteiger partial charge >= 0.3 is 0 Å². The first kappa shape index (κ1) is 18.5. The molecule has 4 rings (SSSR count). The summed E-state index contributed by atoms with van der Waals surface area (Å²) in [4.78, 5) is 17.5. The molecule has 0 spiro atoms. The van der Waals surface area contributed by atoms with Gasteiger partial charge in [-0.25, -0.2) is 0 Å². The van der Waals surface area contributed by atoms with Crippen molar-refractivity contribution in [3.05, 3.63) is 58.1 Å². The van der Waals surface area contributed by atoms with E-state index in [0.717, 1.165) is 54.5 Å². The minimum Gasteiger partial charge on any atom is -0.335 e. The Labute approximate surface area is 168 Å². The lowest BCUT2D eigenvalue weighted by Gasteiger charge is -2.35. The minimum absolute atomic E-state index is 0.143. The third-order valence-electron chi connectivity index (χ3n) is 5.21. The van der Waals surface area contributed by atoms with Gasteiger partial charge in [-0.05, 0) is 43.0 Å². The lowest BCUT2D eigenvalue weighted by atomic mass is 10.2. The number of aromatic nitrogens is 1. The predicted molar refractivity (Wildman–Crippen MR) is 113 cm³/mol. The predicted octanol–water partition coefficient (Wildman–Crippen LogP) is 4.90. The number of piperazine rings is 1. The maximum atomic E-state index is 13.2. The van der Waals surface area contributed by atoms with Crippen molar-refractivity contribution < 1.29 is 4.79 Å². The molecule has 3 heterocycles. The van der Waals surface area contributed by atoms with Crippen molar-refractivity contribution in [1.29, 1.82) is 0 Å². The Morgan fingerprint density at radius 1 is 1.15 bits per heavy atom. The number of amides is 1. The molecule has 3 aromatic rings. The van der Waals surface area contributed by atoms with Crippen LogP contribution in [0.1, 0.15) is 35.9 Å². The van der Waals surface area contributed by atoms with E-state index >= 15 is 0 Å². The quantitative estimate of drug-likeness (QED) is 0.622. The third kappa shape index (κ3) is 3.64. The average Bonchev–Trinajstić information content (AvgIpc) is 3.24. The van der Waals surface area contributed by atoms with E-state index in [1.54, 1.807) is 11.3 Å². The number of hydrogen-bond acceptors (Lipinski definition) is 3. The van der Waals surface area contributed by atoms with Crippen LogP contribution in [0.25, 0.3) is 10.2 Å². The van der Waals surface area contributed by atoms with E-state index < -0.39 is 0 Å². The highest BCUT2D eigenvalue weighted by Gasteiger charge is 2.26. The van der Waals surface area contributed by atoms with E-state index in [4.69, 9.17) is 11.6 Å². The first-order valence-corrected chi connectivity index (χ1v) is 10.6. The van der Waals surface area contributed by atoms with Crippen LogP contribution >= 0.6 is 22.9 Å². The molecule has 0 atom stereocenters. The van der Waals surface area contributed by atoms with E-state index in [0.29, 0.717) is 0 Å². The van der Waals surface area contributed by atoms with E-state index in [1.165, 1.54) is 4.70 Å². The fourth-order valence-electron chi connectivity index (χ4n) is 3.80. The van der Waals surface area contributed by atoms with Crippen LogP contribution in [0.5, 0.6) is 0 Å². The van der Waals surface area contributed by atoms with Crippen LogP contribution in [0.2, 0.25) is 5.02 Å². The van der Waals surface area contributed by atoms with Gasteiger partial charge in [0.15, 0.2) is 0 Å². The molecule has 4 nitrogen and oxygen atoms in total. The number of halogens is 1. The molecule has 27 heavy (non-hydrogen) atoms. The number of hydrogen-bond donors (Lipinski definition) is 0. The third-order valence-corrected chi connectivity index (χ3v) is 6.43. The molecule has 0 aliphatic carbocycles. The zero-order valence-corrected chi connectivity index (χ0v) is 17.3. The largest absolute Gasteiger partial charge is 0.335 e. The van der Waals surface area contributed by atoms with Gasteiger partial charge in [0.1, 0.15) is 5.69 Å². The molecule has 1 saturated heterocycles. The van der Waals surface area contributed by atoms with Crippen LogP contribution in [-0.4, -0.2) is 46.5 Å². The molecule has 2 aromatic heterocycles. The Morgan fingerprint density at radius 2 is 1.89 bits per heavy atom. The van der Waals surface area contributed by atoms with E-state index in [2.05, 4.69) is 46.9 Å². The molecule has 0 bridgehead atoms. The van der Waals surface area contributed by atoms with E-state index in [9.17, 15) is 4.79 Å². The summed E-state index contributed by atoms with van der Waals surface area (Å²) < 4.78 is 3.36. The summed E-state index contributed by atoms with van der Waals surface area (Å²) in [5, 5.41) is 2.90. The molecule has 1 amide bonds. The Hall–Kier alpha value is -1.82. The van der Waals surface area contributed by atoms with Crippen molar-refractivity contribution in [3.63, 3.8) is 0 Å². The zero-order valence-electron chi connectivity index (χ0n) is 15.7. The van der Waals surface area contributed by atoms with Crippen molar-refractivity contribution in [2.45, 2.75) is 26.4 Å². The number of nitrogens with zero attached hydrogens (tertiary/aromatic N) is 3. The molecular weight excluding hydrogens is 378 g/mol. The van der Waals surface area contributed by atoms with Gasteiger partial charge in [0.2, 0.25) is 0 Å². The van der Waals surface area contributed by atoms with Gasteiger partial charge in [-0.2, -0.15) is 0 Å². The van der Waals surface area contributed by atoms with Gasteiger partial charge in [0.25, 0.3) is 5.91 Å². The molecule has 0 N–H and O–H groups in total. The second-order valence-electron chi connectivity index (χ2n) is 7.32. The Morgan fingerprint density at radius 3 is 2.59 bits per heavy atom. The van der Waals surface area contributed by atoms with Gasteiger partial charge in [-0.15, -0.1) is 11.3 Å². The number of carbonyl (C=O) groups is 1. The smallest absolute Gasteiger partial charge is 0.270 e. The molecule has 142 valence electrons. The first-order chi connectivity index (χ1) is 13.0. The second kappa shape index (κ2) is 7.66. The first-order valence-electron chi connectivity index (χ1n) is 9.38. The Bertz CT molecular complexity index is 953. The lowest BCUT2D eigenvalue weighted by molar-refractivity contribution is 0.0617. The van der Waals surface area contributed by atoms with Gasteiger partial charge in [-0.3, -0.25) is 9.69 Å². The van der Waals surface area contributed by atoms with Crippen molar-refractivity contribution in [1.82, 2.24) is 14.4 Å². The molecule has 6 heteroatoms. The molecular formula is C21H24ClN3OS. The van der Waals surface area contributed by atoms with Crippen LogP contribution in [0.15, 0.2) is 41.8 Å². The van der Waals surface area contributed by atoms with Crippen molar-refractivity contribution >= 4 is 39.1 Å². The Balaban J connectivity index is 1.45. The van der Waals surface area contributed by atoms with E-state index in [-0.39, 0.29) is 11.9 Å². The fraction of sp³-hybridized carbons (Fsp3) is 0.381. The van der Waals surface area contributed by atoms with Crippen LogP contribution in [0.3, 0.4) is 0 Å². The number of thiophene rings is 1. The summed E-state index contributed by atoms with van der Waals surface area (Å²) in [6.07, 6.45) is 0. The monoisotopic (exact) mass is 401 g/mol. The summed E-state index contributed by atoms with van der Waals surface area (Å²) in [6.45, 7) is 8.34. The van der Waals surface area contributed by atoms with E-state index in [1.807, 2.05) is 23.1 Å². The van der Waals surface area contributed by atoms with Gasteiger partial charge in [-0.1, -0.05) is 29.8 Å². The van der Waals surface area contributed by atoms with Crippen LogP contribution in [0.4, 0.5) is 0 Å². The highest BCUT2D eigenvalue weighted by atomic mass is 35.5. The molecule has 1 aromatic carbocycles. The SMILES string of the molecule is CC(C)n1c(C(=O)N2CCN(Cc3ccccc3Cl)CC2)cc2sccc21. The molecule has 0 saturated carbocycles. The summed E-state index contributed by atoms with van der Waals surface area (Å²) in [6, 6.07) is 12.4. The molecule has 1 aliphatic heterocycles. The molecule has 1 fully saturated rings. The summed E-state index contributed by atoms with van der Waals surface area (Å²) >= 11 is 7.98. The zero-order chi connectivity index (χ0) is 19.0. The number of carbonyl (C=O) groups excluding carboxylic acids is 1. The fourth-order valence-corrected chi connectivity index (χ4v) is 4.81. The Kier molecular flexibility index (Phi) is 5.26. The minimum atomic E-state index is 0.143. The number of benzene rings is 1. The molecule has 0 unspecified atom stereocenters. The van der Waals surface area contributed by atoms with Crippen molar-refractivity contribution in [3.8, 4) is 0 Å². The van der Waals surface area contributed by atoms with Crippen LogP contribution in [0, 0.1) is 0 Å². The second-order valence-corrected chi connectivity index (χ2v) is 8.68.